The molecule has 0 N–H and O–H groups in total. The van der Waals surface area contributed by atoms with Crippen molar-refractivity contribution in [1.82, 2.24) is 0 Å². The van der Waals surface area contributed by atoms with Gasteiger partial charge in [-0.15, -0.1) is 0 Å². The lowest BCUT2D eigenvalue weighted by Crippen LogP contribution is -2.10. The highest BCUT2D eigenvalue weighted by Crippen LogP contribution is 2.28. The van der Waals surface area contributed by atoms with Crippen LogP contribution in [0.3, 0.4) is 0 Å². The van der Waals surface area contributed by atoms with Gasteiger partial charge in [0, 0.05) is 17.6 Å². The maximum atomic E-state index is 13.7. The van der Waals surface area contributed by atoms with Crippen LogP contribution in [-0.2, 0) is 6.42 Å². The predicted molar refractivity (Wildman–Crippen MR) is 100 cm³/mol. The number of fused-ring (bicyclic) bond motifs is 1. The van der Waals surface area contributed by atoms with Crippen LogP contribution in [0.1, 0.15) is 31.8 Å². The maximum absolute atomic E-state index is 13.7. The van der Waals surface area contributed by atoms with Gasteiger partial charge in [-0.1, -0.05) is 48.5 Å². The number of carbonyl (C=O) groups excluding carboxylic acids is 2. The lowest BCUT2D eigenvalue weighted by molar-refractivity contribution is 0.0729. The number of carbonyl (C=O) groups is 2. The Hall–Kier alpha value is -3.53. The minimum atomic E-state index is -0.762. The monoisotopic (exact) mass is 358 g/mol. The van der Waals surface area contributed by atoms with E-state index >= 15 is 0 Å². The van der Waals surface area contributed by atoms with Gasteiger partial charge in [-0.2, -0.15) is 0 Å². The SMILES string of the molecule is O=C(Oc1cccc(/C=C2\Cc3ccccc3C2=O)c1)c1ccccc1F. The first-order valence-corrected chi connectivity index (χ1v) is 8.52. The topological polar surface area (TPSA) is 43.4 Å². The van der Waals surface area contributed by atoms with Crippen LogP contribution in [0.15, 0.2) is 78.4 Å². The highest BCUT2D eigenvalue weighted by molar-refractivity contribution is 6.15. The molecule has 0 radical (unpaired) electrons. The third-order valence-corrected chi connectivity index (χ3v) is 4.44. The molecule has 4 heteroatoms. The van der Waals surface area contributed by atoms with Crippen LogP contribution < -0.4 is 4.74 Å². The number of benzene rings is 3. The summed E-state index contributed by atoms with van der Waals surface area (Å²) in [6.07, 6.45) is 2.37. The van der Waals surface area contributed by atoms with Crippen molar-refractivity contribution in [3.8, 4) is 5.75 Å². The van der Waals surface area contributed by atoms with Crippen LogP contribution in [0.25, 0.3) is 6.08 Å². The molecule has 0 heterocycles. The van der Waals surface area contributed by atoms with Crippen molar-refractivity contribution in [2.45, 2.75) is 6.42 Å². The zero-order chi connectivity index (χ0) is 18.8. The molecular weight excluding hydrogens is 343 g/mol. The van der Waals surface area contributed by atoms with E-state index in [4.69, 9.17) is 4.74 Å². The van der Waals surface area contributed by atoms with Crippen LogP contribution in [0, 0.1) is 5.82 Å². The summed E-state index contributed by atoms with van der Waals surface area (Å²) in [5.74, 6) is -1.09. The second-order valence-corrected chi connectivity index (χ2v) is 6.27. The molecule has 0 spiro atoms. The molecule has 27 heavy (non-hydrogen) atoms. The molecule has 0 atom stereocenters. The molecule has 0 aliphatic heterocycles. The third kappa shape index (κ3) is 3.42. The van der Waals surface area contributed by atoms with E-state index in [0.717, 1.165) is 16.7 Å². The smallest absolute Gasteiger partial charge is 0.346 e. The zero-order valence-electron chi connectivity index (χ0n) is 14.3. The molecule has 1 aliphatic carbocycles. The second kappa shape index (κ2) is 7.00. The van der Waals surface area contributed by atoms with E-state index in [2.05, 4.69) is 0 Å². The average molecular weight is 358 g/mol. The lowest BCUT2D eigenvalue weighted by Gasteiger charge is -2.06. The summed E-state index contributed by atoms with van der Waals surface area (Å²) in [5, 5.41) is 0. The maximum Gasteiger partial charge on any atom is 0.346 e. The van der Waals surface area contributed by atoms with Crippen molar-refractivity contribution in [3.05, 3.63) is 106 Å². The fraction of sp³-hybridized carbons (Fsp3) is 0.0435. The van der Waals surface area contributed by atoms with Crippen molar-refractivity contribution >= 4 is 17.8 Å². The molecule has 0 amide bonds. The molecule has 132 valence electrons. The van der Waals surface area contributed by atoms with Gasteiger partial charge in [-0.05, 0) is 41.5 Å². The third-order valence-electron chi connectivity index (χ3n) is 4.44. The quantitative estimate of drug-likeness (QED) is 0.381. The Kier molecular flexibility index (Phi) is 4.38. The number of rotatable bonds is 3. The number of hydrogen-bond donors (Lipinski definition) is 0. The van der Waals surface area contributed by atoms with Crippen LogP contribution in [-0.4, -0.2) is 11.8 Å². The fourth-order valence-electron chi connectivity index (χ4n) is 3.13. The molecule has 1 aliphatic rings. The Morgan fingerprint density at radius 1 is 0.963 bits per heavy atom. The van der Waals surface area contributed by atoms with E-state index in [-0.39, 0.29) is 11.3 Å². The number of allylic oxidation sites excluding steroid dienone is 1. The van der Waals surface area contributed by atoms with Crippen molar-refractivity contribution in [3.63, 3.8) is 0 Å². The molecule has 0 aromatic heterocycles. The van der Waals surface area contributed by atoms with Gasteiger partial charge < -0.3 is 4.74 Å². The Morgan fingerprint density at radius 2 is 1.74 bits per heavy atom. The molecule has 3 aromatic rings. The predicted octanol–water partition coefficient (Wildman–Crippen LogP) is 4.87. The first kappa shape index (κ1) is 16.9. The number of ketones is 1. The largest absolute Gasteiger partial charge is 0.423 e. The first-order chi connectivity index (χ1) is 13.1. The van der Waals surface area contributed by atoms with Gasteiger partial charge in [0.2, 0.25) is 0 Å². The number of hydrogen-bond acceptors (Lipinski definition) is 3. The Bertz CT molecular complexity index is 1080. The van der Waals surface area contributed by atoms with Gasteiger partial charge in [0.05, 0.1) is 5.56 Å². The molecule has 0 unspecified atom stereocenters. The van der Waals surface area contributed by atoms with Gasteiger partial charge in [-0.3, -0.25) is 4.79 Å². The van der Waals surface area contributed by atoms with Crippen molar-refractivity contribution in [1.29, 1.82) is 0 Å². The molecule has 0 fully saturated rings. The minimum absolute atomic E-state index is 0.0133. The van der Waals surface area contributed by atoms with Gasteiger partial charge in [0.25, 0.3) is 0 Å². The van der Waals surface area contributed by atoms with Crippen LogP contribution in [0.4, 0.5) is 4.39 Å². The summed E-state index contributed by atoms with van der Waals surface area (Å²) in [6.45, 7) is 0. The normalized spacial score (nSPS) is 14.3. The highest BCUT2D eigenvalue weighted by Gasteiger charge is 2.24. The molecular formula is C23H15FO3. The first-order valence-electron chi connectivity index (χ1n) is 8.52. The fourth-order valence-corrected chi connectivity index (χ4v) is 3.13. The average Bonchev–Trinajstić information content (AvgIpc) is 2.98. The number of Topliss-reactive ketones (excluding diaryl/α,β-unsaturated/α-hetero) is 1. The zero-order valence-corrected chi connectivity index (χ0v) is 14.3. The Labute approximate surface area is 155 Å². The molecule has 0 bridgehead atoms. The minimum Gasteiger partial charge on any atom is -0.423 e. The van der Waals surface area contributed by atoms with Gasteiger partial charge in [-0.25, -0.2) is 9.18 Å². The molecule has 0 saturated heterocycles. The van der Waals surface area contributed by atoms with E-state index in [1.807, 2.05) is 30.3 Å². The van der Waals surface area contributed by atoms with Crippen LogP contribution >= 0.6 is 0 Å². The summed E-state index contributed by atoms with van der Waals surface area (Å²) in [5.41, 5.74) is 3.04. The second-order valence-electron chi connectivity index (χ2n) is 6.27. The van der Waals surface area contributed by atoms with Gasteiger partial charge >= 0.3 is 5.97 Å². The van der Waals surface area contributed by atoms with Gasteiger partial charge in [0.1, 0.15) is 11.6 Å². The Balaban J connectivity index is 1.56. The molecule has 4 rings (SSSR count). The van der Waals surface area contributed by atoms with Crippen molar-refractivity contribution < 1.29 is 18.7 Å². The standard InChI is InChI=1S/C23H15FO3/c24-21-11-4-3-10-20(21)23(26)27-18-8-5-6-15(13-18)12-17-14-16-7-1-2-9-19(16)22(17)25/h1-13H,14H2/b17-12+. The van der Waals surface area contributed by atoms with E-state index in [1.54, 1.807) is 30.3 Å². The van der Waals surface area contributed by atoms with Gasteiger partial charge in [0.15, 0.2) is 5.78 Å². The summed E-state index contributed by atoms with van der Waals surface area (Å²) >= 11 is 0. The number of ether oxygens (including phenoxy) is 1. The number of esters is 1. The lowest BCUT2D eigenvalue weighted by atomic mass is 10.1. The van der Waals surface area contributed by atoms with E-state index in [9.17, 15) is 14.0 Å². The van der Waals surface area contributed by atoms with Crippen LogP contribution in [0.5, 0.6) is 5.75 Å². The summed E-state index contributed by atoms with van der Waals surface area (Å²) in [4.78, 5) is 24.7. The molecule has 0 saturated carbocycles. The highest BCUT2D eigenvalue weighted by atomic mass is 19.1. The molecule has 3 aromatic carbocycles. The Morgan fingerprint density at radius 3 is 2.56 bits per heavy atom. The van der Waals surface area contributed by atoms with E-state index < -0.39 is 11.8 Å². The number of halogens is 1. The van der Waals surface area contributed by atoms with E-state index in [1.165, 1.54) is 18.2 Å². The summed E-state index contributed by atoms with van der Waals surface area (Å²) in [6, 6.07) is 20.0. The summed E-state index contributed by atoms with van der Waals surface area (Å²) in [7, 11) is 0. The summed E-state index contributed by atoms with van der Waals surface area (Å²) < 4.78 is 19.0. The van der Waals surface area contributed by atoms with Crippen LogP contribution in [0.2, 0.25) is 0 Å². The van der Waals surface area contributed by atoms with Crippen molar-refractivity contribution in [2.75, 3.05) is 0 Å². The van der Waals surface area contributed by atoms with E-state index in [0.29, 0.717) is 17.7 Å². The van der Waals surface area contributed by atoms with Crippen molar-refractivity contribution in [2.24, 2.45) is 0 Å². The molecule has 3 nitrogen and oxygen atoms in total.